The fourth-order valence-electron chi connectivity index (χ4n) is 10.9. The van der Waals surface area contributed by atoms with Gasteiger partial charge in [-0.1, -0.05) is 53.2 Å². The van der Waals surface area contributed by atoms with Crippen LogP contribution in [0.1, 0.15) is 135 Å². The first-order valence-corrected chi connectivity index (χ1v) is 27.9. The van der Waals surface area contributed by atoms with Gasteiger partial charge in [0.2, 0.25) is 11.6 Å². The molecule has 4 aliphatic rings. The highest BCUT2D eigenvalue weighted by Crippen LogP contribution is 2.46. The molecule has 4 aliphatic heterocycles. The Morgan fingerprint density at radius 1 is 0.689 bits per heavy atom. The van der Waals surface area contributed by atoms with Crippen molar-refractivity contribution in [2.24, 2.45) is 23.7 Å². The average Bonchev–Trinajstić information content (AvgIpc) is 3.33. The number of methoxy groups -OCH3 is 2. The molecule has 17 nitrogen and oxygen atoms in total. The lowest BCUT2D eigenvalue weighted by atomic mass is 9.77. The van der Waals surface area contributed by atoms with Crippen molar-refractivity contribution < 1.29 is 70.9 Å². The van der Waals surface area contributed by atoms with Gasteiger partial charge in [0.25, 0.3) is 0 Å². The molecule has 0 bridgehead atoms. The quantitative estimate of drug-likeness (QED) is 0.0345. The van der Waals surface area contributed by atoms with Crippen molar-refractivity contribution in [1.29, 1.82) is 0 Å². The van der Waals surface area contributed by atoms with E-state index in [0.29, 0.717) is 60.7 Å². The summed E-state index contributed by atoms with van der Waals surface area (Å²) in [5.74, 6) is -3.20. The summed E-state index contributed by atoms with van der Waals surface area (Å²) in [4.78, 5) is 41.3. The molecule has 0 saturated carbocycles. The van der Waals surface area contributed by atoms with Crippen LogP contribution < -0.4 is 0 Å². The number of cyclic esters (lactones) is 2. The maximum atomic E-state index is 12.7. The number of esters is 2. The van der Waals surface area contributed by atoms with Gasteiger partial charge < -0.3 is 62.0 Å². The summed E-state index contributed by atoms with van der Waals surface area (Å²) < 4.78 is 86.7. The summed E-state index contributed by atoms with van der Waals surface area (Å²) in [5, 5.41) is 0. The SMILES string of the molecule is C=CC[C@](C[C@@H](C)C=O)(OC)[C@H](O[C@@H]1O[C@H](C)CC(N(C)C)[C@H]1P=O)[C@@H](C)C1=C(C)C(=O)OC(C)(C)O1.C=CC[C@](C[C@@H](C)CC)(OC)[C@H](O[C@@H]1O[C@H](C)CC(N(C)C)[C@H]1P=O)[C@@H](C)C1=C(C)C(=O)OC(C)(C)O1. The van der Waals surface area contributed by atoms with Crippen LogP contribution in [-0.4, -0.2) is 154 Å². The molecule has 4 rings (SSSR count). The van der Waals surface area contributed by atoms with Crippen LogP contribution in [0, 0.1) is 23.7 Å². The van der Waals surface area contributed by atoms with E-state index in [9.17, 15) is 23.5 Å². The Bertz CT molecular complexity index is 1990. The topological polar surface area (TPSA) is 184 Å². The van der Waals surface area contributed by atoms with Gasteiger partial charge in [0.05, 0.1) is 46.8 Å². The molecule has 4 heterocycles. The molecule has 0 amide bonds. The van der Waals surface area contributed by atoms with Crippen molar-refractivity contribution in [3.63, 3.8) is 0 Å². The van der Waals surface area contributed by atoms with Crippen molar-refractivity contribution in [3.8, 4) is 0 Å². The van der Waals surface area contributed by atoms with Crippen LogP contribution in [0.5, 0.6) is 0 Å². The molecule has 0 aromatic rings. The molecular formula is C55H92N2O15P2. The van der Waals surface area contributed by atoms with E-state index in [2.05, 4.69) is 31.9 Å². The summed E-state index contributed by atoms with van der Waals surface area (Å²) in [6, 6.07) is -0.0366. The minimum atomic E-state index is -1.17. The summed E-state index contributed by atoms with van der Waals surface area (Å²) in [6.07, 6.45) is 5.57. The van der Waals surface area contributed by atoms with Crippen molar-refractivity contribution in [3.05, 3.63) is 48.0 Å². The monoisotopic (exact) mass is 1080 g/mol. The minimum Gasteiger partial charge on any atom is -0.456 e. The molecule has 19 heteroatoms. The predicted octanol–water partition coefficient (Wildman–Crippen LogP) is 10.2. The standard InChI is InChI=1S/C28H48NO7P.C27H44NO8P/c1-12-14-28(32-11,16-17(3)13-2)24(19(5)22-20(6)25(30)36-27(7,8)35-22)34-26-23(37-31)21(29(9)10)15-18(4)33-26;1-11-12-27(32-10,14-16(2)15-29)23(18(4)21-19(5)24(30)36-26(6,7)35-21)34-25-22(37-31)20(28(8)9)13-17(3)33-25/h12,17-19,21,23-24,26H,1,13-16H2,2-11H3;11,15-18,20,22-23,25H,1,12-14H2,2-10H3/t17-,18+,19-,21?,23+,24+,26-,28+;16-,17-,18+,20?,22-,23-,25+,27-/m01/s1. The van der Waals surface area contributed by atoms with E-state index in [1.54, 1.807) is 61.8 Å². The van der Waals surface area contributed by atoms with Gasteiger partial charge in [0.15, 0.2) is 29.5 Å². The van der Waals surface area contributed by atoms with Crippen molar-refractivity contribution >= 4 is 35.1 Å². The lowest BCUT2D eigenvalue weighted by molar-refractivity contribution is -0.269. The van der Waals surface area contributed by atoms with E-state index < -0.39 is 82.7 Å². The van der Waals surface area contributed by atoms with Gasteiger partial charge in [-0.25, -0.2) is 9.59 Å². The molecule has 0 radical (unpaired) electrons. The van der Waals surface area contributed by atoms with E-state index in [0.717, 1.165) is 19.1 Å². The average molecular weight is 1080 g/mol. The Labute approximate surface area is 446 Å². The van der Waals surface area contributed by atoms with Crippen LogP contribution in [-0.2, 0) is 70.9 Å². The zero-order chi connectivity index (χ0) is 56.3. The highest BCUT2D eigenvalue weighted by atomic mass is 31.1. The molecule has 0 aromatic carbocycles. The first-order valence-electron chi connectivity index (χ1n) is 26.1. The summed E-state index contributed by atoms with van der Waals surface area (Å²) in [7, 11) is 11.0. The summed E-state index contributed by atoms with van der Waals surface area (Å²) >= 11 is 0. The second-order valence-corrected chi connectivity index (χ2v) is 24.0. The smallest absolute Gasteiger partial charge is 0.340 e. The molecule has 0 aromatic heterocycles. The first kappa shape index (κ1) is 65.3. The second-order valence-electron chi connectivity index (χ2n) is 22.4. The van der Waals surface area contributed by atoms with Crippen LogP contribution in [0.4, 0.5) is 0 Å². The van der Waals surface area contributed by atoms with Gasteiger partial charge in [-0.2, -0.15) is 0 Å². The summed E-state index contributed by atoms with van der Waals surface area (Å²) in [5.41, 5.74) is -1.95. The van der Waals surface area contributed by atoms with Gasteiger partial charge in [0, 0.05) is 71.8 Å². The van der Waals surface area contributed by atoms with Crippen molar-refractivity contribution in [2.45, 2.75) is 218 Å². The zero-order valence-electron chi connectivity index (χ0n) is 48.1. The summed E-state index contributed by atoms with van der Waals surface area (Å²) in [6.45, 7) is 32.0. The fourth-order valence-corrected chi connectivity index (χ4v) is 12.5. The Balaban J connectivity index is 0.000000390. The number of carbonyl (C=O) groups is 3. The van der Waals surface area contributed by atoms with E-state index >= 15 is 0 Å². The Hall–Kier alpha value is -2.95. The molecule has 422 valence electrons. The number of hydrogen-bond acceptors (Lipinski definition) is 17. The number of aldehydes is 1. The first-order chi connectivity index (χ1) is 34.5. The van der Waals surface area contributed by atoms with Crippen LogP contribution in [0.2, 0.25) is 0 Å². The molecule has 16 atom stereocenters. The predicted molar refractivity (Wildman–Crippen MR) is 285 cm³/mol. The molecule has 2 unspecified atom stereocenters. The third kappa shape index (κ3) is 16.1. The molecule has 74 heavy (non-hydrogen) atoms. The normalized spacial score (nSPS) is 30.2. The zero-order valence-corrected chi connectivity index (χ0v) is 49.9. The molecular weight excluding hydrogens is 991 g/mol. The van der Waals surface area contributed by atoms with Crippen molar-refractivity contribution in [1.82, 2.24) is 9.80 Å². The number of nitrogens with zero attached hydrogens (tertiary/aromatic N) is 2. The number of ether oxygens (including phenoxy) is 10. The number of rotatable bonds is 26. The number of carbonyl (C=O) groups excluding carboxylic acids is 3. The third-order valence-electron chi connectivity index (χ3n) is 15.0. The van der Waals surface area contributed by atoms with E-state index in [4.69, 9.17) is 47.4 Å². The Morgan fingerprint density at radius 3 is 1.35 bits per heavy atom. The molecule has 2 saturated heterocycles. The van der Waals surface area contributed by atoms with Gasteiger partial charge >= 0.3 is 11.9 Å². The van der Waals surface area contributed by atoms with Crippen LogP contribution in [0.25, 0.3) is 0 Å². The maximum absolute atomic E-state index is 12.7. The van der Waals surface area contributed by atoms with Gasteiger partial charge in [-0.05, 0) is 100 Å². The number of hydrogen-bond donors (Lipinski definition) is 0. The van der Waals surface area contributed by atoms with Gasteiger partial charge in [-0.15, -0.1) is 13.2 Å². The lowest BCUT2D eigenvalue weighted by Gasteiger charge is -2.48. The molecule has 2 fully saturated rings. The highest BCUT2D eigenvalue weighted by Gasteiger charge is 2.53. The largest absolute Gasteiger partial charge is 0.456 e. The second kappa shape index (κ2) is 28.1. The fraction of sp³-hybridized carbons (Fsp3) is 0.800. The third-order valence-corrected chi connectivity index (χ3v) is 16.6. The highest BCUT2D eigenvalue weighted by molar-refractivity contribution is 7.25. The Morgan fingerprint density at radius 2 is 1.05 bits per heavy atom. The van der Waals surface area contributed by atoms with Crippen molar-refractivity contribution in [2.75, 3.05) is 42.4 Å². The van der Waals surface area contributed by atoms with E-state index in [1.807, 2.05) is 73.8 Å². The van der Waals surface area contributed by atoms with Gasteiger partial charge in [-0.3, -0.25) is 9.13 Å². The molecule has 0 aliphatic carbocycles. The molecule has 0 N–H and O–H groups in total. The maximum Gasteiger partial charge on any atom is 0.340 e. The molecule has 0 spiro atoms. The van der Waals surface area contributed by atoms with Gasteiger partial charge in [0.1, 0.15) is 29.1 Å². The van der Waals surface area contributed by atoms with Crippen LogP contribution in [0.15, 0.2) is 48.0 Å². The lowest BCUT2D eigenvalue weighted by Crippen LogP contribution is -2.58. The Kier molecular flexibility index (Phi) is 24.8. The van der Waals surface area contributed by atoms with Crippen LogP contribution >= 0.6 is 16.9 Å². The van der Waals surface area contributed by atoms with E-state index in [-0.39, 0.29) is 47.1 Å². The minimum absolute atomic E-state index is 0.00980. The van der Waals surface area contributed by atoms with E-state index in [1.165, 1.54) is 0 Å². The van der Waals surface area contributed by atoms with Crippen LogP contribution in [0.3, 0.4) is 0 Å².